The van der Waals surface area contributed by atoms with Crippen molar-refractivity contribution in [3.63, 3.8) is 0 Å². The average molecular weight is 230 g/mol. The summed E-state index contributed by atoms with van der Waals surface area (Å²) < 4.78 is 5.11. The van der Waals surface area contributed by atoms with Crippen molar-refractivity contribution in [2.75, 3.05) is 19.8 Å². The molecule has 2 N–H and O–H groups in total. The zero-order valence-corrected chi connectivity index (χ0v) is 10.3. The van der Waals surface area contributed by atoms with Gasteiger partial charge in [-0.15, -0.1) is 0 Å². The molecule has 0 aliphatic rings. The molecule has 94 valence electrons. The highest BCUT2D eigenvalue weighted by Crippen LogP contribution is 1.87. The molecule has 0 fully saturated rings. The Morgan fingerprint density at radius 2 is 1.94 bits per heavy atom. The molecule has 0 aromatic rings. The summed E-state index contributed by atoms with van der Waals surface area (Å²) in [5.74, 6) is -1.14. The molecule has 0 bridgehead atoms. The van der Waals surface area contributed by atoms with Crippen molar-refractivity contribution in [3.8, 4) is 0 Å². The Hall–Kier alpha value is -1.10. The van der Waals surface area contributed by atoms with Crippen LogP contribution in [0.25, 0.3) is 0 Å². The van der Waals surface area contributed by atoms with E-state index >= 15 is 0 Å². The SMILES string of the molecule is CCOCCCNC(=O)C(=O)NC(C)CC. The monoisotopic (exact) mass is 230 g/mol. The van der Waals surface area contributed by atoms with Crippen LogP contribution in [0.15, 0.2) is 0 Å². The molecule has 2 amide bonds. The van der Waals surface area contributed by atoms with Gasteiger partial charge in [0, 0.05) is 25.8 Å². The number of hydrogen-bond donors (Lipinski definition) is 2. The van der Waals surface area contributed by atoms with Gasteiger partial charge in [0.2, 0.25) is 0 Å². The summed E-state index contributed by atoms with van der Waals surface area (Å²) in [5.41, 5.74) is 0. The Morgan fingerprint density at radius 1 is 1.25 bits per heavy atom. The van der Waals surface area contributed by atoms with Gasteiger partial charge in [-0.25, -0.2) is 0 Å². The number of rotatable bonds is 7. The normalized spacial score (nSPS) is 11.9. The van der Waals surface area contributed by atoms with Gasteiger partial charge >= 0.3 is 11.8 Å². The molecular formula is C11H22N2O3. The minimum Gasteiger partial charge on any atom is -0.382 e. The van der Waals surface area contributed by atoms with Crippen LogP contribution in [0.3, 0.4) is 0 Å². The van der Waals surface area contributed by atoms with Crippen molar-refractivity contribution in [3.05, 3.63) is 0 Å². The highest BCUT2D eigenvalue weighted by molar-refractivity contribution is 6.35. The summed E-state index contributed by atoms with van der Waals surface area (Å²) in [5, 5.41) is 5.14. The summed E-state index contributed by atoms with van der Waals surface area (Å²) >= 11 is 0. The number of hydrogen-bond acceptors (Lipinski definition) is 3. The Morgan fingerprint density at radius 3 is 2.50 bits per heavy atom. The topological polar surface area (TPSA) is 67.4 Å². The van der Waals surface area contributed by atoms with E-state index in [-0.39, 0.29) is 6.04 Å². The zero-order valence-electron chi connectivity index (χ0n) is 10.3. The van der Waals surface area contributed by atoms with E-state index in [9.17, 15) is 9.59 Å². The molecule has 0 saturated heterocycles. The van der Waals surface area contributed by atoms with E-state index < -0.39 is 11.8 Å². The minimum atomic E-state index is -0.572. The number of carbonyl (C=O) groups is 2. The van der Waals surface area contributed by atoms with Crippen LogP contribution in [0.4, 0.5) is 0 Å². The molecular weight excluding hydrogens is 208 g/mol. The largest absolute Gasteiger partial charge is 0.382 e. The van der Waals surface area contributed by atoms with Crippen molar-refractivity contribution < 1.29 is 14.3 Å². The lowest BCUT2D eigenvalue weighted by Gasteiger charge is -2.11. The predicted molar refractivity (Wildman–Crippen MR) is 62.0 cm³/mol. The molecule has 5 nitrogen and oxygen atoms in total. The summed E-state index contributed by atoms with van der Waals surface area (Å²) in [6.45, 7) is 7.46. The molecule has 0 heterocycles. The van der Waals surface area contributed by atoms with Crippen LogP contribution in [0.1, 0.15) is 33.6 Å². The first-order valence-corrected chi connectivity index (χ1v) is 5.78. The van der Waals surface area contributed by atoms with Gasteiger partial charge in [0.25, 0.3) is 0 Å². The molecule has 0 aromatic heterocycles. The van der Waals surface area contributed by atoms with E-state index in [0.29, 0.717) is 19.8 Å². The van der Waals surface area contributed by atoms with Gasteiger partial charge in [-0.2, -0.15) is 0 Å². The van der Waals surface area contributed by atoms with Gasteiger partial charge in [-0.3, -0.25) is 9.59 Å². The van der Waals surface area contributed by atoms with E-state index in [1.54, 1.807) is 0 Å². The number of amides is 2. The summed E-state index contributed by atoms with van der Waals surface area (Å²) in [7, 11) is 0. The molecule has 0 aliphatic carbocycles. The second kappa shape index (κ2) is 9.15. The van der Waals surface area contributed by atoms with E-state index in [1.165, 1.54) is 0 Å². The highest BCUT2D eigenvalue weighted by atomic mass is 16.5. The van der Waals surface area contributed by atoms with Crippen LogP contribution in [0.2, 0.25) is 0 Å². The Labute approximate surface area is 96.9 Å². The molecule has 5 heteroatoms. The first-order valence-electron chi connectivity index (χ1n) is 5.78. The molecule has 16 heavy (non-hydrogen) atoms. The fourth-order valence-electron chi connectivity index (χ4n) is 0.992. The van der Waals surface area contributed by atoms with E-state index in [1.807, 2.05) is 20.8 Å². The average Bonchev–Trinajstić information content (AvgIpc) is 2.28. The van der Waals surface area contributed by atoms with Crippen LogP contribution < -0.4 is 10.6 Å². The molecule has 0 spiro atoms. The predicted octanol–water partition coefficient (Wildman–Crippen LogP) is 0.444. The quantitative estimate of drug-likeness (QED) is 0.493. The lowest BCUT2D eigenvalue weighted by molar-refractivity contribution is -0.139. The van der Waals surface area contributed by atoms with Crippen molar-refractivity contribution in [2.45, 2.75) is 39.7 Å². The molecule has 1 atom stereocenters. The third-order valence-corrected chi connectivity index (χ3v) is 2.15. The van der Waals surface area contributed by atoms with Gasteiger partial charge in [0.1, 0.15) is 0 Å². The standard InChI is InChI=1S/C11H22N2O3/c1-4-9(3)13-11(15)10(14)12-7-6-8-16-5-2/h9H,4-8H2,1-3H3,(H,12,14)(H,13,15). The summed E-state index contributed by atoms with van der Waals surface area (Å²) in [6.07, 6.45) is 1.53. The Bertz CT molecular complexity index is 219. The van der Waals surface area contributed by atoms with Crippen molar-refractivity contribution in [1.82, 2.24) is 10.6 Å². The molecule has 0 rings (SSSR count). The number of carbonyl (C=O) groups excluding carboxylic acids is 2. The fraction of sp³-hybridized carbons (Fsp3) is 0.818. The van der Waals surface area contributed by atoms with Gasteiger partial charge in [-0.1, -0.05) is 6.92 Å². The number of nitrogens with one attached hydrogen (secondary N) is 2. The van der Waals surface area contributed by atoms with Gasteiger partial charge in [0.05, 0.1) is 0 Å². The Balaban J connectivity index is 3.59. The second-order valence-corrected chi connectivity index (χ2v) is 3.59. The maximum atomic E-state index is 11.3. The van der Waals surface area contributed by atoms with Crippen LogP contribution in [0, 0.1) is 0 Å². The lowest BCUT2D eigenvalue weighted by atomic mass is 10.2. The van der Waals surface area contributed by atoms with Crippen molar-refractivity contribution in [2.24, 2.45) is 0 Å². The minimum absolute atomic E-state index is 0.0293. The van der Waals surface area contributed by atoms with Crippen LogP contribution in [0.5, 0.6) is 0 Å². The van der Waals surface area contributed by atoms with Gasteiger partial charge in [0.15, 0.2) is 0 Å². The van der Waals surface area contributed by atoms with Crippen molar-refractivity contribution >= 4 is 11.8 Å². The maximum absolute atomic E-state index is 11.3. The lowest BCUT2D eigenvalue weighted by Crippen LogP contribution is -2.43. The molecule has 0 radical (unpaired) electrons. The first kappa shape index (κ1) is 14.9. The fourth-order valence-corrected chi connectivity index (χ4v) is 0.992. The van der Waals surface area contributed by atoms with E-state index in [4.69, 9.17) is 4.74 Å². The Kier molecular flexibility index (Phi) is 8.52. The molecule has 1 unspecified atom stereocenters. The molecule has 0 aliphatic heterocycles. The van der Waals surface area contributed by atoms with Gasteiger partial charge in [-0.05, 0) is 26.7 Å². The third-order valence-electron chi connectivity index (χ3n) is 2.15. The van der Waals surface area contributed by atoms with Gasteiger partial charge < -0.3 is 15.4 Å². The number of ether oxygens (including phenoxy) is 1. The second-order valence-electron chi connectivity index (χ2n) is 3.59. The summed E-state index contributed by atoms with van der Waals surface area (Å²) in [6, 6.07) is 0.0293. The van der Waals surface area contributed by atoms with E-state index in [2.05, 4.69) is 10.6 Å². The van der Waals surface area contributed by atoms with E-state index in [0.717, 1.165) is 12.8 Å². The maximum Gasteiger partial charge on any atom is 0.309 e. The van der Waals surface area contributed by atoms with Crippen LogP contribution >= 0.6 is 0 Å². The molecule has 0 saturated carbocycles. The first-order chi connectivity index (χ1) is 7.61. The summed E-state index contributed by atoms with van der Waals surface area (Å²) in [4.78, 5) is 22.5. The van der Waals surface area contributed by atoms with Crippen LogP contribution in [-0.4, -0.2) is 37.6 Å². The molecule has 0 aromatic carbocycles. The third kappa shape index (κ3) is 7.23. The van der Waals surface area contributed by atoms with Crippen LogP contribution in [-0.2, 0) is 14.3 Å². The smallest absolute Gasteiger partial charge is 0.309 e. The zero-order chi connectivity index (χ0) is 12.4. The van der Waals surface area contributed by atoms with Crippen molar-refractivity contribution in [1.29, 1.82) is 0 Å². The highest BCUT2D eigenvalue weighted by Gasteiger charge is 2.13.